The summed E-state index contributed by atoms with van der Waals surface area (Å²) in [5.74, 6) is -1.73. The Labute approximate surface area is 84.1 Å². The van der Waals surface area contributed by atoms with E-state index in [0.29, 0.717) is 11.0 Å². The second kappa shape index (κ2) is 2.84. The zero-order valence-electron chi connectivity index (χ0n) is 5.51. The highest BCUT2D eigenvalue weighted by atomic mass is 127. The lowest BCUT2D eigenvalue weighted by Crippen LogP contribution is -1.89. The monoisotopic (exact) mass is 298 g/mol. The van der Waals surface area contributed by atoms with Gasteiger partial charge >= 0.3 is 0 Å². The summed E-state index contributed by atoms with van der Waals surface area (Å²) in [5.41, 5.74) is 0.836. The zero-order chi connectivity index (χ0) is 8.72. The van der Waals surface area contributed by atoms with E-state index in [1.807, 2.05) is 0 Å². The Hall–Kier alpha value is -0.370. The quantitative estimate of drug-likeness (QED) is 0.552. The van der Waals surface area contributed by atoms with E-state index < -0.39 is 11.6 Å². The Bertz CT molecular complexity index is 442. The Morgan fingerprint density at radius 1 is 1.33 bits per heavy atom. The third-order valence-electron chi connectivity index (χ3n) is 1.39. The van der Waals surface area contributed by atoms with Gasteiger partial charge in [-0.25, -0.2) is 8.78 Å². The van der Waals surface area contributed by atoms with Crippen LogP contribution in [0.5, 0.6) is 0 Å². The summed E-state index contributed by atoms with van der Waals surface area (Å²) in [6.07, 6.45) is 0. The Morgan fingerprint density at radius 2 is 2.08 bits per heavy atom. The van der Waals surface area contributed by atoms with Crippen molar-refractivity contribution in [3.05, 3.63) is 21.3 Å². The molecule has 0 atom stereocenters. The molecule has 0 fully saturated rings. The lowest BCUT2D eigenvalue weighted by Gasteiger charge is -1.95. The van der Waals surface area contributed by atoms with E-state index in [0.717, 1.165) is 17.8 Å². The van der Waals surface area contributed by atoms with Gasteiger partial charge in [0.15, 0.2) is 11.6 Å². The first-order chi connectivity index (χ1) is 5.70. The van der Waals surface area contributed by atoms with E-state index in [-0.39, 0.29) is 3.57 Å². The standard InChI is InChI=1S/C6HF2IN2S/c7-2-1-3-6(11-12-10-3)5(9)4(2)8/h1H. The molecule has 0 aliphatic heterocycles. The molecule has 0 radical (unpaired) electrons. The van der Waals surface area contributed by atoms with Gasteiger partial charge in [0.25, 0.3) is 0 Å². The van der Waals surface area contributed by atoms with Crippen molar-refractivity contribution in [2.45, 2.75) is 0 Å². The first-order valence-electron chi connectivity index (χ1n) is 2.96. The number of rotatable bonds is 0. The predicted molar refractivity (Wildman–Crippen MR) is 50.0 cm³/mol. The maximum atomic E-state index is 12.9. The second-order valence-corrected chi connectivity index (χ2v) is 3.73. The fourth-order valence-corrected chi connectivity index (χ4v) is 2.19. The van der Waals surface area contributed by atoms with Crippen LogP contribution in [0.3, 0.4) is 0 Å². The van der Waals surface area contributed by atoms with Gasteiger partial charge in [-0.15, -0.1) is 0 Å². The van der Waals surface area contributed by atoms with Crippen LogP contribution in [-0.4, -0.2) is 8.75 Å². The zero-order valence-corrected chi connectivity index (χ0v) is 8.49. The minimum Gasteiger partial charge on any atom is -0.204 e. The van der Waals surface area contributed by atoms with E-state index in [1.54, 1.807) is 22.6 Å². The number of hydrogen-bond donors (Lipinski definition) is 0. The van der Waals surface area contributed by atoms with E-state index in [4.69, 9.17) is 0 Å². The number of aromatic nitrogens is 2. The van der Waals surface area contributed by atoms with Crippen molar-refractivity contribution in [1.82, 2.24) is 8.75 Å². The Morgan fingerprint density at radius 3 is 2.83 bits per heavy atom. The molecule has 12 heavy (non-hydrogen) atoms. The summed E-state index contributed by atoms with van der Waals surface area (Å²) in [7, 11) is 0. The van der Waals surface area contributed by atoms with Gasteiger partial charge < -0.3 is 0 Å². The molecule has 1 aromatic carbocycles. The highest BCUT2D eigenvalue weighted by molar-refractivity contribution is 14.1. The van der Waals surface area contributed by atoms with Crippen LogP contribution in [0, 0.1) is 15.2 Å². The van der Waals surface area contributed by atoms with Crippen molar-refractivity contribution in [3.8, 4) is 0 Å². The van der Waals surface area contributed by atoms with Crippen LogP contribution in [0.4, 0.5) is 8.78 Å². The molecule has 2 aromatic rings. The molecule has 1 aromatic heterocycles. The van der Waals surface area contributed by atoms with Gasteiger partial charge in [-0.05, 0) is 22.6 Å². The summed E-state index contributed by atoms with van der Waals surface area (Å²) >= 11 is 2.66. The largest absolute Gasteiger partial charge is 0.204 e. The summed E-state index contributed by atoms with van der Waals surface area (Å²) in [6, 6.07) is 1.05. The number of fused-ring (bicyclic) bond motifs is 1. The topological polar surface area (TPSA) is 25.8 Å². The Balaban J connectivity index is 2.94. The minimum atomic E-state index is -0.875. The van der Waals surface area contributed by atoms with Gasteiger partial charge in [-0.1, -0.05) is 0 Å². The van der Waals surface area contributed by atoms with Crippen LogP contribution in [0.15, 0.2) is 6.07 Å². The van der Waals surface area contributed by atoms with Crippen molar-refractivity contribution in [3.63, 3.8) is 0 Å². The molecule has 0 amide bonds. The van der Waals surface area contributed by atoms with Crippen LogP contribution in [0.1, 0.15) is 0 Å². The molecular formula is C6HF2IN2S. The summed E-state index contributed by atoms with van der Waals surface area (Å²) in [5, 5.41) is 0. The van der Waals surface area contributed by atoms with Crippen molar-refractivity contribution >= 4 is 45.4 Å². The molecule has 2 rings (SSSR count). The molecule has 2 nitrogen and oxygen atoms in total. The Kier molecular flexibility index (Phi) is 1.95. The number of hydrogen-bond acceptors (Lipinski definition) is 3. The van der Waals surface area contributed by atoms with Crippen LogP contribution in [-0.2, 0) is 0 Å². The van der Waals surface area contributed by atoms with Crippen LogP contribution in [0.2, 0.25) is 0 Å². The molecule has 0 saturated carbocycles. The second-order valence-electron chi connectivity index (χ2n) is 2.12. The highest BCUT2D eigenvalue weighted by Crippen LogP contribution is 2.23. The van der Waals surface area contributed by atoms with E-state index in [2.05, 4.69) is 8.75 Å². The SMILES string of the molecule is Fc1cc2nsnc2c(I)c1F. The van der Waals surface area contributed by atoms with Gasteiger partial charge in [0.1, 0.15) is 11.0 Å². The average Bonchev–Trinajstić information content (AvgIpc) is 2.48. The molecule has 0 aliphatic carbocycles. The normalized spacial score (nSPS) is 10.9. The van der Waals surface area contributed by atoms with Crippen LogP contribution >= 0.6 is 34.3 Å². The molecule has 0 aliphatic rings. The fourth-order valence-electron chi connectivity index (χ4n) is 0.835. The smallest absolute Gasteiger partial charge is 0.174 e. The van der Waals surface area contributed by atoms with Crippen molar-refractivity contribution < 1.29 is 8.78 Å². The minimum absolute atomic E-state index is 0.191. The van der Waals surface area contributed by atoms with Gasteiger partial charge in [-0.2, -0.15) is 8.75 Å². The lowest BCUT2D eigenvalue weighted by molar-refractivity contribution is 0.506. The third kappa shape index (κ3) is 1.09. The number of halogens is 3. The maximum absolute atomic E-state index is 12.9. The van der Waals surface area contributed by atoms with E-state index in [9.17, 15) is 8.78 Å². The molecule has 0 bridgehead atoms. The third-order valence-corrected chi connectivity index (χ3v) is 2.91. The first kappa shape index (κ1) is 8.24. The fraction of sp³-hybridized carbons (Fsp3) is 0. The lowest BCUT2D eigenvalue weighted by atomic mass is 10.3. The molecule has 1 heterocycles. The molecule has 0 spiro atoms. The van der Waals surface area contributed by atoms with E-state index >= 15 is 0 Å². The van der Waals surface area contributed by atoms with Gasteiger partial charge in [-0.3, -0.25) is 0 Å². The molecule has 0 N–H and O–H groups in total. The van der Waals surface area contributed by atoms with Crippen LogP contribution in [0.25, 0.3) is 11.0 Å². The summed E-state index contributed by atoms with van der Waals surface area (Å²) in [6.45, 7) is 0. The van der Waals surface area contributed by atoms with Crippen molar-refractivity contribution in [1.29, 1.82) is 0 Å². The van der Waals surface area contributed by atoms with Crippen LogP contribution < -0.4 is 0 Å². The molecule has 0 unspecified atom stereocenters. The van der Waals surface area contributed by atoms with Gasteiger partial charge in [0.05, 0.1) is 15.3 Å². The maximum Gasteiger partial charge on any atom is 0.174 e. The first-order valence-corrected chi connectivity index (χ1v) is 4.77. The van der Waals surface area contributed by atoms with E-state index in [1.165, 1.54) is 0 Å². The van der Waals surface area contributed by atoms with Crippen molar-refractivity contribution in [2.24, 2.45) is 0 Å². The molecule has 62 valence electrons. The highest BCUT2D eigenvalue weighted by Gasteiger charge is 2.13. The average molecular weight is 298 g/mol. The molecule has 0 saturated heterocycles. The van der Waals surface area contributed by atoms with Crippen molar-refractivity contribution in [2.75, 3.05) is 0 Å². The number of benzene rings is 1. The summed E-state index contributed by atoms with van der Waals surface area (Å²) in [4.78, 5) is 0. The van der Waals surface area contributed by atoms with Gasteiger partial charge in [0, 0.05) is 6.07 Å². The van der Waals surface area contributed by atoms with Gasteiger partial charge in [0.2, 0.25) is 0 Å². The number of nitrogens with zero attached hydrogens (tertiary/aromatic N) is 2. The molecule has 6 heteroatoms. The molecular weight excluding hydrogens is 297 g/mol. The predicted octanol–water partition coefficient (Wildman–Crippen LogP) is 2.57. The summed E-state index contributed by atoms with van der Waals surface area (Å²) < 4.78 is 33.5.